The molecular formula is C14H25NO. The molecule has 0 aromatic rings. The highest BCUT2D eigenvalue weighted by Crippen LogP contribution is 2.61. The van der Waals surface area contributed by atoms with Crippen molar-refractivity contribution in [3.05, 3.63) is 0 Å². The second-order valence-corrected chi connectivity index (χ2v) is 6.43. The predicted molar refractivity (Wildman–Crippen MR) is 66.1 cm³/mol. The second kappa shape index (κ2) is 3.75. The van der Waals surface area contributed by atoms with Gasteiger partial charge < -0.3 is 5.32 Å². The first-order valence-electron chi connectivity index (χ1n) is 6.73. The fraction of sp³-hybridized carbons (Fsp3) is 0.929. The van der Waals surface area contributed by atoms with Crippen molar-refractivity contribution >= 4 is 5.91 Å². The van der Waals surface area contributed by atoms with E-state index >= 15 is 0 Å². The number of fused-ring (bicyclic) bond motifs is 2. The van der Waals surface area contributed by atoms with E-state index in [9.17, 15) is 4.79 Å². The van der Waals surface area contributed by atoms with Crippen molar-refractivity contribution in [1.29, 1.82) is 0 Å². The topological polar surface area (TPSA) is 29.1 Å². The Morgan fingerprint density at radius 3 is 2.38 bits per heavy atom. The zero-order valence-corrected chi connectivity index (χ0v) is 11.1. The van der Waals surface area contributed by atoms with Gasteiger partial charge in [0.25, 0.3) is 0 Å². The first-order valence-corrected chi connectivity index (χ1v) is 6.73. The highest BCUT2D eigenvalue weighted by Gasteiger charge is 2.60. The molecule has 2 heteroatoms. The first kappa shape index (κ1) is 11.9. The summed E-state index contributed by atoms with van der Waals surface area (Å²) in [6, 6.07) is 0. The van der Waals surface area contributed by atoms with E-state index < -0.39 is 0 Å². The van der Waals surface area contributed by atoms with Gasteiger partial charge in [0.15, 0.2) is 0 Å². The Labute approximate surface area is 99.2 Å². The number of hydrogen-bond donors (Lipinski definition) is 1. The van der Waals surface area contributed by atoms with Crippen molar-refractivity contribution in [2.75, 3.05) is 0 Å². The van der Waals surface area contributed by atoms with Crippen molar-refractivity contribution in [2.24, 2.45) is 17.3 Å². The van der Waals surface area contributed by atoms with Crippen molar-refractivity contribution in [3.63, 3.8) is 0 Å². The van der Waals surface area contributed by atoms with Gasteiger partial charge in [0.1, 0.15) is 0 Å². The lowest BCUT2D eigenvalue weighted by molar-refractivity contribution is -0.125. The van der Waals surface area contributed by atoms with E-state index in [4.69, 9.17) is 0 Å². The van der Waals surface area contributed by atoms with Gasteiger partial charge in [-0.05, 0) is 49.9 Å². The van der Waals surface area contributed by atoms with Crippen LogP contribution in [-0.4, -0.2) is 11.4 Å². The van der Waals surface area contributed by atoms with Crippen LogP contribution in [0.2, 0.25) is 0 Å². The first-order chi connectivity index (χ1) is 7.41. The van der Waals surface area contributed by atoms with E-state index in [2.05, 4.69) is 33.0 Å². The smallest absolute Gasteiger partial charge is 0.220 e. The fourth-order valence-corrected chi connectivity index (χ4v) is 3.95. The fourth-order valence-electron chi connectivity index (χ4n) is 3.95. The van der Waals surface area contributed by atoms with Crippen LogP contribution in [0.3, 0.4) is 0 Å². The molecule has 92 valence electrons. The molecule has 0 aliphatic heterocycles. The average molecular weight is 223 g/mol. The monoisotopic (exact) mass is 223 g/mol. The van der Waals surface area contributed by atoms with Crippen LogP contribution in [0, 0.1) is 17.3 Å². The highest BCUT2D eigenvalue weighted by molar-refractivity contribution is 5.77. The van der Waals surface area contributed by atoms with E-state index in [1.807, 2.05) is 0 Å². The van der Waals surface area contributed by atoms with Crippen molar-refractivity contribution in [2.45, 2.75) is 65.3 Å². The molecule has 2 nitrogen and oxygen atoms in total. The van der Waals surface area contributed by atoms with Gasteiger partial charge in [-0.1, -0.05) is 20.8 Å². The van der Waals surface area contributed by atoms with Crippen molar-refractivity contribution in [3.8, 4) is 0 Å². The molecule has 16 heavy (non-hydrogen) atoms. The van der Waals surface area contributed by atoms with Gasteiger partial charge in [0.05, 0.1) is 0 Å². The zero-order valence-electron chi connectivity index (χ0n) is 11.1. The molecule has 0 aromatic heterocycles. The van der Waals surface area contributed by atoms with Crippen LogP contribution in [-0.2, 0) is 4.79 Å². The van der Waals surface area contributed by atoms with Crippen LogP contribution in [0.15, 0.2) is 0 Å². The quantitative estimate of drug-likeness (QED) is 0.782. The third-order valence-electron chi connectivity index (χ3n) is 5.48. The molecule has 0 spiro atoms. The van der Waals surface area contributed by atoms with E-state index in [0.29, 0.717) is 12.3 Å². The number of amides is 1. The van der Waals surface area contributed by atoms with Gasteiger partial charge in [0, 0.05) is 12.0 Å². The number of nitrogens with one attached hydrogen (secondary N) is 1. The maximum atomic E-state index is 11.9. The van der Waals surface area contributed by atoms with E-state index in [0.717, 1.165) is 12.3 Å². The summed E-state index contributed by atoms with van der Waals surface area (Å²) >= 11 is 0. The summed E-state index contributed by atoms with van der Waals surface area (Å²) in [5, 5.41) is 3.34. The van der Waals surface area contributed by atoms with Crippen LogP contribution in [0.1, 0.15) is 59.8 Å². The minimum atomic E-state index is 0.0299. The second-order valence-electron chi connectivity index (χ2n) is 6.43. The maximum absolute atomic E-state index is 11.9. The molecule has 3 unspecified atom stereocenters. The number of carbonyl (C=O) groups is 1. The molecule has 2 saturated carbocycles. The van der Waals surface area contributed by atoms with Gasteiger partial charge in [-0.15, -0.1) is 0 Å². The summed E-state index contributed by atoms with van der Waals surface area (Å²) in [4.78, 5) is 11.9. The Kier molecular flexibility index (Phi) is 2.80. The minimum absolute atomic E-state index is 0.0299. The van der Waals surface area contributed by atoms with Crippen LogP contribution >= 0.6 is 0 Å². The third kappa shape index (κ3) is 1.49. The Hall–Kier alpha value is -0.530. The Morgan fingerprint density at radius 2 is 1.88 bits per heavy atom. The maximum Gasteiger partial charge on any atom is 0.220 e. The van der Waals surface area contributed by atoms with Gasteiger partial charge in [-0.3, -0.25) is 4.79 Å². The van der Waals surface area contributed by atoms with Crippen molar-refractivity contribution < 1.29 is 4.79 Å². The predicted octanol–water partition coefficient (Wildman–Crippen LogP) is 3.12. The van der Waals surface area contributed by atoms with E-state index in [-0.39, 0.29) is 16.9 Å². The highest BCUT2D eigenvalue weighted by atomic mass is 16.1. The summed E-state index contributed by atoms with van der Waals surface area (Å²) in [7, 11) is 0. The molecule has 3 atom stereocenters. The van der Waals surface area contributed by atoms with Crippen LogP contribution < -0.4 is 5.32 Å². The third-order valence-corrected chi connectivity index (χ3v) is 5.48. The largest absolute Gasteiger partial charge is 0.350 e. The molecule has 0 radical (unpaired) electrons. The van der Waals surface area contributed by atoms with E-state index in [1.165, 1.54) is 19.3 Å². The molecule has 0 heterocycles. The molecule has 2 rings (SSSR count). The Morgan fingerprint density at radius 1 is 1.25 bits per heavy atom. The molecule has 0 saturated heterocycles. The molecule has 0 aromatic carbocycles. The number of carbonyl (C=O) groups excluding carboxylic acids is 1. The van der Waals surface area contributed by atoms with Crippen LogP contribution in [0.25, 0.3) is 0 Å². The summed E-state index contributed by atoms with van der Waals surface area (Å²) in [5.74, 6) is 1.75. The van der Waals surface area contributed by atoms with Gasteiger partial charge in [0.2, 0.25) is 5.91 Å². The van der Waals surface area contributed by atoms with Gasteiger partial charge in [-0.2, -0.15) is 0 Å². The lowest BCUT2D eigenvalue weighted by atomic mass is 9.64. The van der Waals surface area contributed by atoms with Gasteiger partial charge >= 0.3 is 0 Å². The molecule has 2 aliphatic rings. The molecule has 1 N–H and O–H groups in total. The SMILES string of the molecule is CCCC(=O)NC1(C)C2CCC(C2)C1(C)C. The molecular weight excluding hydrogens is 198 g/mol. The molecule has 2 aliphatic carbocycles. The summed E-state index contributed by atoms with van der Waals surface area (Å²) in [6.07, 6.45) is 5.59. The molecule has 2 bridgehead atoms. The Balaban J connectivity index is 2.14. The zero-order chi connectivity index (χ0) is 12.0. The number of hydrogen-bond acceptors (Lipinski definition) is 1. The van der Waals surface area contributed by atoms with E-state index in [1.54, 1.807) is 0 Å². The number of rotatable bonds is 3. The summed E-state index contributed by atoms with van der Waals surface area (Å²) in [6.45, 7) is 9.00. The minimum Gasteiger partial charge on any atom is -0.350 e. The lowest BCUT2D eigenvalue weighted by Gasteiger charge is -2.48. The van der Waals surface area contributed by atoms with Gasteiger partial charge in [-0.25, -0.2) is 0 Å². The van der Waals surface area contributed by atoms with Crippen LogP contribution in [0.5, 0.6) is 0 Å². The molecule has 2 fully saturated rings. The van der Waals surface area contributed by atoms with Crippen LogP contribution in [0.4, 0.5) is 0 Å². The van der Waals surface area contributed by atoms with Crippen molar-refractivity contribution in [1.82, 2.24) is 5.32 Å². The average Bonchev–Trinajstić information content (AvgIpc) is 2.70. The Bertz CT molecular complexity index is 297. The summed E-state index contributed by atoms with van der Waals surface area (Å²) in [5.41, 5.74) is 0.293. The molecule has 1 amide bonds. The standard InChI is InChI=1S/C14H25NO/c1-5-6-12(16)15-14(4)11-8-7-10(9-11)13(14,2)3/h10-11H,5-9H2,1-4H3,(H,15,16). The summed E-state index contributed by atoms with van der Waals surface area (Å²) < 4.78 is 0. The normalized spacial score (nSPS) is 40.0. The lowest BCUT2D eigenvalue weighted by Crippen LogP contribution is -2.59.